The second-order valence-electron chi connectivity index (χ2n) is 4.91. The Morgan fingerprint density at radius 2 is 2.08 bits per heavy atom. The Bertz CT molecular complexity index is 227. The van der Waals surface area contributed by atoms with Crippen LogP contribution in [0.3, 0.4) is 0 Å². The van der Waals surface area contributed by atoms with E-state index in [-0.39, 0.29) is 0 Å². The van der Waals surface area contributed by atoms with E-state index in [0.29, 0.717) is 11.5 Å². The molecule has 2 unspecified atom stereocenters. The minimum atomic E-state index is 0.472. The first-order valence-corrected chi connectivity index (χ1v) is 5.06. The molecule has 1 saturated carbocycles. The fraction of sp³-hybridized carbons (Fsp3) is 0.818. The average molecular weight is 165 g/mol. The summed E-state index contributed by atoms with van der Waals surface area (Å²) in [6.07, 6.45) is 3.81. The fourth-order valence-corrected chi connectivity index (χ4v) is 2.33. The Labute approximate surface area is 75.2 Å². The van der Waals surface area contributed by atoms with Crippen molar-refractivity contribution < 1.29 is 0 Å². The average Bonchev–Trinajstić information content (AvgIpc) is 2.55. The molecule has 1 fully saturated rings. The maximum Gasteiger partial charge on any atom is 0.0464 e. The molecule has 12 heavy (non-hydrogen) atoms. The van der Waals surface area contributed by atoms with E-state index in [0.717, 1.165) is 11.8 Å². The molecule has 1 heterocycles. The molecule has 0 saturated heterocycles. The lowest BCUT2D eigenvalue weighted by Crippen LogP contribution is -2.35. The van der Waals surface area contributed by atoms with Crippen LogP contribution in [0.15, 0.2) is 11.8 Å². The first-order valence-electron chi connectivity index (χ1n) is 5.06. The Balaban J connectivity index is 2.09. The van der Waals surface area contributed by atoms with Crippen molar-refractivity contribution >= 4 is 0 Å². The third-order valence-corrected chi connectivity index (χ3v) is 3.47. The van der Waals surface area contributed by atoms with E-state index in [4.69, 9.17) is 0 Å². The second-order valence-corrected chi connectivity index (χ2v) is 4.91. The molecule has 0 radical (unpaired) electrons. The molecular weight excluding hydrogens is 146 g/mol. The summed E-state index contributed by atoms with van der Waals surface area (Å²) >= 11 is 0. The van der Waals surface area contributed by atoms with Gasteiger partial charge in [0.2, 0.25) is 0 Å². The quantitative estimate of drug-likeness (QED) is 0.663. The van der Waals surface area contributed by atoms with Gasteiger partial charge in [-0.05, 0) is 18.3 Å². The molecule has 2 atom stereocenters. The van der Waals surface area contributed by atoms with Gasteiger partial charge in [0, 0.05) is 17.2 Å². The third kappa shape index (κ3) is 0.917. The van der Waals surface area contributed by atoms with Crippen molar-refractivity contribution in [1.82, 2.24) is 5.32 Å². The van der Waals surface area contributed by atoms with Gasteiger partial charge in [-0.15, -0.1) is 0 Å². The van der Waals surface area contributed by atoms with Crippen molar-refractivity contribution in [2.75, 3.05) is 0 Å². The molecule has 0 spiro atoms. The smallest absolute Gasteiger partial charge is 0.0464 e. The van der Waals surface area contributed by atoms with E-state index < -0.39 is 0 Å². The van der Waals surface area contributed by atoms with Gasteiger partial charge >= 0.3 is 0 Å². The Hall–Kier alpha value is -0.460. The molecule has 0 aromatic carbocycles. The number of hydrogen-bond acceptors (Lipinski definition) is 1. The molecule has 0 aromatic heterocycles. The highest BCUT2D eigenvalue weighted by Gasteiger charge is 2.58. The molecule has 2 aliphatic rings. The lowest BCUT2D eigenvalue weighted by Gasteiger charge is -2.23. The van der Waals surface area contributed by atoms with Crippen molar-refractivity contribution in [1.29, 1.82) is 0 Å². The van der Waals surface area contributed by atoms with Crippen LogP contribution in [-0.4, -0.2) is 5.54 Å². The van der Waals surface area contributed by atoms with Crippen LogP contribution >= 0.6 is 0 Å². The molecule has 1 N–H and O–H groups in total. The summed E-state index contributed by atoms with van der Waals surface area (Å²) in [4.78, 5) is 0. The highest BCUT2D eigenvalue weighted by Crippen LogP contribution is 2.54. The minimum Gasteiger partial charge on any atom is -0.382 e. The molecule has 0 aromatic rings. The highest BCUT2D eigenvalue weighted by molar-refractivity contribution is 5.32. The van der Waals surface area contributed by atoms with Crippen LogP contribution in [-0.2, 0) is 0 Å². The number of fused-ring (bicyclic) bond motifs is 1. The summed E-state index contributed by atoms with van der Waals surface area (Å²) in [5.74, 6) is 2.29. The van der Waals surface area contributed by atoms with Crippen molar-refractivity contribution in [2.45, 2.75) is 39.7 Å². The second kappa shape index (κ2) is 2.27. The van der Waals surface area contributed by atoms with Gasteiger partial charge in [0.05, 0.1) is 0 Å². The summed E-state index contributed by atoms with van der Waals surface area (Å²) < 4.78 is 0. The summed E-state index contributed by atoms with van der Waals surface area (Å²) in [6.45, 7) is 9.17. The topological polar surface area (TPSA) is 12.0 Å². The maximum atomic E-state index is 3.70. The van der Waals surface area contributed by atoms with E-state index >= 15 is 0 Å². The standard InChI is InChI=1S/C11H19N/c1-7(2)10-5-9-6-11(9,12-10)8(3)4/h5,7-9,12H,6H2,1-4H3. The van der Waals surface area contributed by atoms with Crippen LogP contribution in [0, 0.1) is 17.8 Å². The van der Waals surface area contributed by atoms with Gasteiger partial charge in [-0.3, -0.25) is 0 Å². The van der Waals surface area contributed by atoms with Crippen molar-refractivity contribution in [3.05, 3.63) is 11.8 Å². The van der Waals surface area contributed by atoms with Crippen LogP contribution in [0.4, 0.5) is 0 Å². The van der Waals surface area contributed by atoms with Crippen LogP contribution in [0.5, 0.6) is 0 Å². The minimum absolute atomic E-state index is 0.472. The Morgan fingerprint density at radius 1 is 1.42 bits per heavy atom. The number of rotatable bonds is 2. The normalized spacial score (nSPS) is 38.2. The van der Waals surface area contributed by atoms with Gasteiger partial charge in [0.15, 0.2) is 0 Å². The monoisotopic (exact) mass is 165 g/mol. The predicted octanol–water partition coefficient (Wildman–Crippen LogP) is 2.54. The van der Waals surface area contributed by atoms with E-state index in [2.05, 4.69) is 39.1 Å². The molecule has 1 nitrogen and oxygen atoms in total. The first kappa shape index (κ1) is 8.15. The number of allylic oxidation sites excluding steroid dienone is 1. The molecular formula is C11H19N. The van der Waals surface area contributed by atoms with Gasteiger partial charge in [0.25, 0.3) is 0 Å². The molecule has 68 valence electrons. The van der Waals surface area contributed by atoms with Crippen molar-refractivity contribution in [3.63, 3.8) is 0 Å². The Kier molecular flexibility index (Phi) is 1.54. The molecule has 1 aliphatic carbocycles. The highest BCUT2D eigenvalue weighted by atomic mass is 15.1. The SMILES string of the molecule is CC(C)C1=CC2CC2(C(C)C)N1. The van der Waals surface area contributed by atoms with Gasteiger partial charge in [-0.25, -0.2) is 0 Å². The molecule has 1 aliphatic heterocycles. The maximum absolute atomic E-state index is 3.70. The molecule has 0 amide bonds. The zero-order valence-electron chi connectivity index (χ0n) is 8.52. The molecule has 1 heteroatoms. The lowest BCUT2D eigenvalue weighted by atomic mass is 10.0. The summed E-state index contributed by atoms with van der Waals surface area (Å²) in [6, 6.07) is 0. The summed E-state index contributed by atoms with van der Waals surface area (Å²) in [5.41, 5.74) is 1.94. The van der Waals surface area contributed by atoms with Crippen LogP contribution < -0.4 is 5.32 Å². The number of nitrogens with one attached hydrogen (secondary N) is 1. The zero-order chi connectivity index (χ0) is 8.93. The van der Waals surface area contributed by atoms with Gasteiger partial charge in [-0.2, -0.15) is 0 Å². The van der Waals surface area contributed by atoms with Crippen molar-refractivity contribution in [2.24, 2.45) is 17.8 Å². The van der Waals surface area contributed by atoms with Gasteiger partial charge in [0.1, 0.15) is 0 Å². The van der Waals surface area contributed by atoms with Gasteiger partial charge < -0.3 is 5.32 Å². The van der Waals surface area contributed by atoms with Crippen LogP contribution in [0.2, 0.25) is 0 Å². The van der Waals surface area contributed by atoms with E-state index in [1.165, 1.54) is 12.1 Å². The van der Waals surface area contributed by atoms with Gasteiger partial charge in [-0.1, -0.05) is 33.8 Å². The number of hydrogen-bond donors (Lipinski definition) is 1. The lowest BCUT2D eigenvalue weighted by molar-refractivity contribution is 0.398. The fourth-order valence-electron chi connectivity index (χ4n) is 2.33. The third-order valence-electron chi connectivity index (χ3n) is 3.47. The summed E-state index contributed by atoms with van der Waals surface area (Å²) in [7, 11) is 0. The van der Waals surface area contributed by atoms with E-state index in [1.54, 1.807) is 0 Å². The first-order chi connectivity index (χ1) is 5.56. The molecule has 2 rings (SSSR count). The largest absolute Gasteiger partial charge is 0.382 e. The summed E-state index contributed by atoms with van der Waals surface area (Å²) in [5, 5.41) is 3.70. The van der Waals surface area contributed by atoms with E-state index in [9.17, 15) is 0 Å². The van der Waals surface area contributed by atoms with Crippen LogP contribution in [0.1, 0.15) is 34.1 Å². The zero-order valence-corrected chi connectivity index (χ0v) is 8.52. The molecule has 0 bridgehead atoms. The van der Waals surface area contributed by atoms with Crippen LogP contribution in [0.25, 0.3) is 0 Å². The predicted molar refractivity (Wildman–Crippen MR) is 51.7 cm³/mol. The van der Waals surface area contributed by atoms with Crippen molar-refractivity contribution in [3.8, 4) is 0 Å². The van der Waals surface area contributed by atoms with E-state index in [1.807, 2.05) is 0 Å². The Morgan fingerprint density at radius 3 is 2.42 bits per heavy atom.